The number of carbonyl (C=O) groups is 1. The van der Waals surface area contributed by atoms with Gasteiger partial charge in [0.2, 0.25) is 0 Å². The van der Waals surface area contributed by atoms with Crippen LogP contribution in [0.3, 0.4) is 0 Å². The number of nitrogens with one attached hydrogen (secondary N) is 2. The molecule has 0 aliphatic rings. The van der Waals surface area contributed by atoms with Gasteiger partial charge in [0.1, 0.15) is 17.3 Å². The van der Waals surface area contributed by atoms with Gasteiger partial charge in [-0.3, -0.25) is 4.79 Å². The second-order valence-electron chi connectivity index (χ2n) is 5.31. The summed E-state index contributed by atoms with van der Waals surface area (Å²) in [5.74, 6) is -0.379. The number of anilines is 2. The molecule has 0 atom stereocenters. The summed E-state index contributed by atoms with van der Waals surface area (Å²) in [6, 6.07) is 11.3. The van der Waals surface area contributed by atoms with Gasteiger partial charge in [0.25, 0.3) is 5.91 Å². The largest absolute Gasteiger partial charge is 0.346 e. The third kappa shape index (κ3) is 4.47. The molecule has 0 fully saturated rings. The molecular formula is C18H13Cl2FN4O. The Morgan fingerprint density at radius 2 is 1.85 bits per heavy atom. The molecule has 0 aliphatic heterocycles. The standard InChI is InChI=1S/C18H13Cl2FN4O/c19-13-6-5-12(7-14(13)20)25-17-10-22-16(9-23-17)18(26)24-8-11-3-1-2-4-15(11)21/h1-7,9-10H,8H2,(H,23,25)(H,24,26). The lowest BCUT2D eigenvalue weighted by Gasteiger charge is -2.08. The van der Waals surface area contributed by atoms with Crippen molar-refractivity contribution in [2.24, 2.45) is 0 Å². The first-order valence-corrected chi connectivity index (χ1v) is 8.34. The first kappa shape index (κ1) is 18.1. The molecule has 0 saturated carbocycles. The highest BCUT2D eigenvalue weighted by molar-refractivity contribution is 6.42. The number of halogens is 3. The normalized spacial score (nSPS) is 10.4. The molecule has 5 nitrogen and oxygen atoms in total. The van der Waals surface area contributed by atoms with E-state index >= 15 is 0 Å². The highest BCUT2D eigenvalue weighted by Crippen LogP contribution is 2.26. The highest BCUT2D eigenvalue weighted by atomic mass is 35.5. The van der Waals surface area contributed by atoms with Crippen LogP contribution >= 0.6 is 23.2 Å². The fourth-order valence-electron chi connectivity index (χ4n) is 2.14. The van der Waals surface area contributed by atoms with Crippen molar-refractivity contribution < 1.29 is 9.18 Å². The number of hydrogen-bond donors (Lipinski definition) is 2. The van der Waals surface area contributed by atoms with Gasteiger partial charge in [-0.2, -0.15) is 0 Å². The number of carbonyl (C=O) groups excluding carboxylic acids is 1. The van der Waals surface area contributed by atoms with E-state index in [0.29, 0.717) is 27.1 Å². The van der Waals surface area contributed by atoms with Crippen LogP contribution in [0.2, 0.25) is 10.0 Å². The molecule has 0 aliphatic carbocycles. The molecule has 2 N–H and O–H groups in total. The number of hydrogen-bond acceptors (Lipinski definition) is 4. The monoisotopic (exact) mass is 390 g/mol. The maximum Gasteiger partial charge on any atom is 0.271 e. The summed E-state index contributed by atoms with van der Waals surface area (Å²) >= 11 is 11.8. The molecule has 0 spiro atoms. The summed E-state index contributed by atoms with van der Waals surface area (Å²) in [7, 11) is 0. The average Bonchev–Trinajstić information content (AvgIpc) is 2.64. The van der Waals surface area contributed by atoms with E-state index in [1.807, 2.05) is 0 Å². The summed E-state index contributed by atoms with van der Waals surface area (Å²) in [6.45, 7) is 0.0659. The fraction of sp³-hybridized carbons (Fsp3) is 0.0556. The summed E-state index contributed by atoms with van der Waals surface area (Å²) in [4.78, 5) is 20.3. The third-order valence-corrected chi connectivity index (χ3v) is 4.21. The maximum atomic E-state index is 13.6. The number of aromatic nitrogens is 2. The van der Waals surface area contributed by atoms with E-state index in [0.717, 1.165) is 0 Å². The molecule has 0 radical (unpaired) electrons. The maximum absolute atomic E-state index is 13.6. The van der Waals surface area contributed by atoms with Crippen molar-refractivity contribution in [3.63, 3.8) is 0 Å². The van der Waals surface area contributed by atoms with Crippen LogP contribution in [0.1, 0.15) is 16.1 Å². The molecular weight excluding hydrogens is 378 g/mol. The van der Waals surface area contributed by atoms with Crippen molar-refractivity contribution in [2.75, 3.05) is 5.32 Å². The first-order valence-electron chi connectivity index (χ1n) is 7.58. The Morgan fingerprint density at radius 3 is 2.54 bits per heavy atom. The molecule has 0 unspecified atom stereocenters. The van der Waals surface area contributed by atoms with E-state index in [1.165, 1.54) is 18.5 Å². The molecule has 0 saturated heterocycles. The number of nitrogens with zero attached hydrogens (tertiary/aromatic N) is 2. The molecule has 26 heavy (non-hydrogen) atoms. The van der Waals surface area contributed by atoms with Crippen LogP contribution in [-0.4, -0.2) is 15.9 Å². The van der Waals surface area contributed by atoms with Gasteiger partial charge in [0, 0.05) is 17.8 Å². The Bertz CT molecular complexity index is 935. The van der Waals surface area contributed by atoms with Gasteiger partial charge < -0.3 is 10.6 Å². The Labute approximate surface area is 159 Å². The zero-order chi connectivity index (χ0) is 18.5. The molecule has 132 valence electrons. The van der Waals surface area contributed by atoms with Crippen molar-refractivity contribution in [1.82, 2.24) is 15.3 Å². The Hall–Kier alpha value is -2.70. The fourth-order valence-corrected chi connectivity index (χ4v) is 2.44. The minimum absolute atomic E-state index is 0.0659. The van der Waals surface area contributed by atoms with Gasteiger partial charge in [-0.15, -0.1) is 0 Å². The lowest BCUT2D eigenvalue weighted by Crippen LogP contribution is -2.24. The first-order chi connectivity index (χ1) is 12.5. The van der Waals surface area contributed by atoms with Crippen LogP contribution in [0.5, 0.6) is 0 Å². The van der Waals surface area contributed by atoms with Crippen molar-refractivity contribution in [1.29, 1.82) is 0 Å². The molecule has 1 aromatic heterocycles. The SMILES string of the molecule is O=C(NCc1ccccc1F)c1cnc(Nc2ccc(Cl)c(Cl)c2)cn1. The molecule has 1 heterocycles. The van der Waals surface area contributed by atoms with Crippen LogP contribution in [0.25, 0.3) is 0 Å². The van der Waals surface area contributed by atoms with E-state index < -0.39 is 5.91 Å². The van der Waals surface area contributed by atoms with Crippen LogP contribution in [0.4, 0.5) is 15.9 Å². The van der Waals surface area contributed by atoms with Gasteiger partial charge in [-0.25, -0.2) is 14.4 Å². The molecule has 0 bridgehead atoms. The van der Waals surface area contributed by atoms with Gasteiger partial charge in [0.05, 0.1) is 22.4 Å². The minimum Gasteiger partial charge on any atom is -0.346 e. The summed E-state index contributed by atoms with van der Waals surface area (Å²) < 4.78 is 13.6. The lowest BCUT2D eigenvalue weighted by molar-refractivity contribution is 0.0945. The number of benzene rings is 2. The van der Waals surface area contributed by atoms with Gasteiger partial charge in [-0.1, -0.05) is 41.4 Å². The summed E-state index contributed by atoms with van der Waals surface area (Å²) in [5, 5.41) is 6.47. The molecule has 3 rings (SSSR count). The van der Waals surface area contributed by atoms with E-state index in [1.54, 1.807) is 36.4 Å². The number of amides is 1. The molecule has 3 aromatic rings. The van der Waals surface area contributed by atoms with E-state index in [2.05, 4.69) is 20.6 Å². The third-order valence-electron chi connectivity index (χ3n) is 3.47. The second kappa shape index (κ2) is 8.12. The van der Waals surface area contributed by atoms with Crippen LogP contribution in [0, 0.1) is 5.82 Å². The predicted molar refractivity (Wildman–Crippen MR) is 99.3 cm³/mol. The van der Waals surface area contributed by atoms with Gasteiger partial charge >= 0.3 is 0 Å². The Morgan fingerprint density at radius 1 is 1.04 bits per heavy atom. The highest BCUT2D eigenvalue weighted by Gasteiger charge is 2.09. The Balaban J connectivity index is 1.62. The van der Waals surface area contributed by atoms with E-state index in [4.69, 9.17) is 23.2 Å². The van der Waals surface area contributed by atoms with E-state index in [9.17, 15) is 9.18 Å². The average molecular weight is 391 g/mol. The second-order valence-corrected chi connectivity index (χ2v) is 6.13. The van der Waals surface area contributed by atoms with E-state index in [-0.39, 0.29) is 18.1 Å². The zero-order valence-electron chi connectivity index (χ0n) is 13.3. The van der Waals surface area contributed by atoms with Crippen LogP contribution in [0.15, 0.2) is 54.9 Å². The van der Waals surface area contributed by atoms with Crippen molar-refractivity contribution in [2.45, 2.75) is 6.54 Å². The van der Waals surface area contributed by atoms with Gasteiger partial charge in [0.15, 0.2) is 0 Å². The summed E-state index contributed by atoms with van der Waals surface area (Å²) in [6.07, 6.45) is 2.75. The van der Waals surface area contributed by atoms with Crippen molar-refractivity contribution in [3.05, 3.63) is 82.0 Å². The lowest BCUT2D eigenvalue weighted by atomic mass is 10.2. The molecule has 8 heteroatoms. The molecule has 2 aromatic carbocycles. The predicted octanol–water partition coefficient (Wildman–Crippen LogP) is 4.60. The van der Waals surface area contributed by atoms with Gasteiger partial charge in [-0.05, 0) is 24.3 Å². The topological polar surface area (TPSA) is 66.9 Å². The summed E-state index contributed by atoms with van der Waals surface area (Å²) in [5.41, 5.74) is 1.21. The van der Waals surface area contributed by atoms with Crippen molar-refractivity contribution >= 4 is 40.6 Å². The Kier molecular flexibility index (Phi) is 5.65. The zero-order valence-corrected chi connectivity index (χ0v) is 14.9. The van der Waals surface area contributed by atoms with Crippen LogP contribution < -0.4 is 10.6 Å². The number of rotatable bonds is 5. The molecule has 1 amide bonds. The smallest absolute Gasteiger partial charge is 0.271 e. The van der Waals surface area contributed by atoms with Crippen molar-refractivity contribution in [3.8, 4) is 0 Å². The quantitative estimate of drug-likeness (QED) is 0.668. The minimum atomic E-state index is -0.443. The van der Waals surface area contributed by atoms with Crippen LogP contribution in [-0.2, 0) is 6.54 Å².